The van der Waals surface area contributed by atoms with Gasteiger partial charge in [-0.05, 0) is 99.6 Å². The zero-order valence-corrected chi connectivity index (χ0v) is 41.7. The Balaban J connectivity index is 1.04. The van der Waals surface area contributed by atoms with Crippen molar-refractivity contribution in [2.75, 3.05) is 53.2 Å². The lowest BCUT2D eigenvalue weighted by Crippen LogP contribution is -2.61. The first-order valence-electron chi connectivity index (χ1n) is 25.3. The lowest BCUT2D eigenvalue weighted by atomic mass is 9.84. The molecule has 0 radical (unpaired) electrons. The number of hydrogen-bond donors (Lipinski definition) is 2. The van der Waals surface area contributed by atoms with E-state index in [1.54, 1.807) is 13.3 Å². The summed E-state index contributed by atoms with van der Waals surface area (Å²) in [6.07, 6.45) is 9.62. The van der Waals surface area contributed by atoms with Crippen LogP contribution in [0.5, 0.6) is 0 Å². The SMILES string of the molecule is CO[C@@H](C)c1ncccc1-c1c2c3cc(ccc3n1C1CN(C3CC3)C1)-c1csc(n1)[C@@H](OCC1CCOCC1)[C@H](NC(=O)[C@@H]1[C@@H](C)[C@H]1c1ccncn1)C(=O)N1CCC[C@H](N1)C(=O)OCC(C)(C)C2. The average Bonchev–Trinajstić information content (AvgIpc) is 4.25. The number of benzene rings is 1. The quantitative estimate of drug-likeness (QED) is 0.130. The molecule has 2 saturated carbocycles. The van der Waals surface area contributed by atoms with Crippen molar-refractivity contribution in [1.29, 1.82) is 0 Å². The zero-order valence-electron chi connectivity index (χ0n) is 40.8. The van der Waals surface area contributed by atoms with Gasteiger partial charge in [-0.15, -0.1) is 11.3 Å². The van der Waals surface area contributed by atoms with Crippen LogP contribution in [0.3, 0.4) is 0 Å². The molecule has 8 heterocycles. The molecule has 6 aliphatic rings. The minimum atomic E-state index is -1.17. The zero-order chi connectivity index (χ0) is 48.3. The minimum absolute atomic E-state index is 0.00136. The largest absolute Gasteiger partial charge is 0.464 e. The summed E-state index contributed by atoms with van der Waals surface area (Å²) in [5.74, 6) is -1.41. The highest BCUT2D eigenvalue weighted by molar-refractivity contribution is 7.10. The first-order valence-corrected chi connectivity index (χ1v) is 26.2. The highest BCUT2D eigenvalue weighted by Gasteiger charge is 2.54. The van der Waals surface area contributed by atoms with E-state index in [1.807, 2.05) is 37.6 Å². The molecule has 3 saturated heterocycles. The number of aromatic nitrogens is 5. The Bertz CT molecular complexity index is 2730. The Morgan fingerprint density at radius 1 is 1.04 bits per heavy atom. The van der Waals surface area contributed by atoms with E-state index >= 15 is 4.79 Å². The standard InChI is InChI=1S/C53H65N9O7S/c1-30-43(39-14-18-54-29-56-39)44(30)49(63)58-46-48(68-26-32-15-20-67-21-16-32)50-57-41(27-70-50)33-10-13-42-37(22-33)38(23-53(3,4)28-69-52(65)40-9-7-19-61(59-40)51(46)64)47(36-8-6-17-55-45(36)31(2)66-5)62(42)35-24-60(25-35)34-11-12-34/h6,8,10,13-14,17-18,22,27,29-32,34-35,40,43-44,46,48,59H,7,9,11-12,15-16,19-21,23-26,28H2,1-5H3,(H,58,63)/t30-,31-,40-,43-,44+,46-,48-/m0/s1. The van der Waals surface area contributed by atoms with Crippen LogP contribution in [0.2, 0.25) is 0 Å². The van der Waals surface area contributed by atoms with Gasteiger partial charge < -0.3 is 28.8 Å². The van der Waals surface area contributed by atoms with Crippen LogP contribution in [0.25, 0.3) is 33.4 Å². The summed E-state index contributed by atoms with van der Waals surface area (Å²) in [4.78, 5) is 65.4. The van der Waals surface area contributed by atoms with Crippen molar-refractivity contribution >= 4 is 40.0 Å². The van der Waals surface area contributed by atoms with Crippen LogP contribution in [-0.4, -0.2) is 123 Å². The Labute approximate surface area is 413 Å². The van der Waals surface area contributed by atoms with Gasteiger partial charge in [0, 0.05) is 109 Å². The van der Waals surface area contributed by atoms with Crippen molar-refractivity contribution in [3.63, 3.8) is 0 Å². The molecule has 2 aliphatic carbocycles. The first-order chi connectivity index (χ1) is 34.0. The van der Waals surface area contributed by atoms with Gasteiger partial charge in [-0.1, -0.05) is 26.8 Å². The van der Waals surface area contributed by atoms with Gasteiger partial charge in [0.25, 0.3) is 5.91 Å². The minimum Gasteiger partial charge on any atom is -0.464 e. The number of nitrogens with one attached hydrogen (secondary N) is 2. The molecule has 5 fully saturated rings. The number of carbonyl (C=O) groups is 3. The van der Waals surface area contributed by atoms with Crippen molar-refractivity contribution in [3.05, 3.63) is 82.5 Å². The number of ether oxygens (including phenoxy) is 4. The Hall–Kier alpha value is -5.17. The molecule has 0 unspecified atom stereocenters. The monoisotopic (exact) mass is 971 g/mol. The van der Waals surface area contributed by atoms with Crippen LogP contribution in [0.1, 0.15) is 112 Å². The summed E-state index contributed by atoms with van der Waals surface area (Å²) >= 11 is 1.43. The number of thiazole rings is 1. The Kier molecular flexibility index (Phi) is 13.1. The molecule has 70 heavy (non-hydrogen) atoms. The third-order valence-corrected chi connectivity index (χ3v) is 16.6. The number of nitrogens with zero attached hydrogens (tertiary/aromatic N) is 7. The highest BCUT2D eigenvalue weighted by atomic mass is 32.1. The third kappa shape index (κ3) is 9.29. The number of hydrogen-bond acceptors (Lipinski definition) is 14. The smallest absolute Gasteiger partial charge is 0.324 e. The van der Waals surface area contributed by atoms with E-state index in [0.29, 0.717) is 56.7 Å². The molecule has 1 aromatic carbocycles. The van der Waals surface area contributed by atoms with Crippen LogP contribution < -0.4 is 10.7 Å². The molecule has 370 valence electrons. The normalized spacial score (nSPS) is 27.1. The molecule has 17 heteroatoms. The maximum atomic E-state index is 15.2. The van der Waals surface area contributed by atoms with Gasteiger partial charge in [0.05, 0.1) is 42.4 Å². The molecule has 2 N–H and O–H groups in total. The average molecular weight is 972 g/mol. The van der Waals surface area contributed by atoms with E-state index in [1.165, 1.54) is 35.5 Å². The molecule has 0 spiro atoms. The Morgan fingerprint density at radius 2 is 1.87 bits per heavy atom. The van der Waals surface area contributed by atoms with Crippen LogP contribution in [0.15, 0.2) is 60.5 Å². The van der Waals surface area contributed by atoms with E-state index in [9.17, 15) is 9.59 Å². The van der Waals surface area contributed by atoms with Gasteiger partial charge in [-0.3, -0.25) is 29.3 Å². The molecule has 7 atom stereocenters. The fourth-order valence-corrected chi connectivity index (χ4v) is 12.3. The summed E-state index contributed by atoms with van der Waals surface area (Å²) in [7, 11) is 1.72. The van der Waals surface area contributed by atoms with E-state index in [4.69, 9.17) is 28.9 Å². The molecule has 6 bridgehead atoms. The van der Waals surface area contributed by atoms with Crippen molar-refractivity contribution in [2.24, 2.45) is 23.2 Å². The number of cyclic esters (lactones) is 1. The van der Waals surface area contributed by atoms with Crippen LogP contribution >= 0.6 is 11.3 Å². The van der Waals surface area contributed by atoms with Crippen LogP contribution in [0, 0.1) is 23.2 Å². The fraction of sp³-hybridized carbons (Fsp3) is 0.566. The summed E-state index contributed by atoms with van der Waals surface area (Å²) in [6, 6.07) is 11.6. The predicted molar refractivity (Wildman–Crippen MR) is 263 cm³/mol. The number of fused-ring (bicyclic) bond motifs is 6. The number of esters is 1. The number of carbonyl (C=O) groups excluding carboxylic acids is 3. The first kappa shape index (κ1) is 47.2. The van der Waals surface area contributed by atoms with Crippen molar-refractivity contribution in [2.45, 2.75) is 115 Å². The lowest BCUT2D eigenvalue weighted by molar-refractivity contribution is -0.157. The van der Waals surface area contributed by atoms with Crippen molar-refractivity contribution in [1.82, 2.24) is 45.2 Å². The highest BCUT2D eigenvalue weighted by Crippen LogP contribution is 2.53. The lowest BCUT2D eigenvalue weighted by Gasteiger charge is -2.42. The second-order valence-electron chi connectivity index (χ2n) is 21.3. The number of likely N-dealkylation sites (tertiary alicyclic amines) is 1. The Morgan fingerprint density at radius 3 is 2.64 bits per heavy atom. The van der Waals surface area contributed by atoms with Gasteiger partial charge in [-0.25, -0.2) is 20.4 Å². The predicted octanol–water partition coefficient (Wildman–Crippen LogP) is 6.98. The molecular weight excluding hydrogens is 907 g/mol. The molecular formula is C53H65N9O7S. The van der Waals surface area contributed by atoms with Crippen LogP contribution in [0.4, 0.5) is 0 Å². The summed E-state index contributed by atoms with van der Waals surface area (Å²) in [6.45, 7) is 12.4. The van der Waals surface area contributed by atoms with Gasteiger partial charge in [-0.2, -0.15) is 0 Å². The van der Waals surface area contributed by atoms with E-state index in [2.05, 4.69) is 68.3 Å². The third-order valence-electron chi connectivity index (χ3n) is 15.7. The number of amides is 2. The van der Waals surface area contributed by atoms with Gasteiger partial charge in [0.1, 0.15) is 29.5 Å². The van der Waals surface area contributed by atoms with E-state index in [0.717, 1.165) is 76.3 Å². The number of pyridine rings is 1. The molecule has 2 amide bonds. The molecule has 11 rings (SSSR count). The molecule has 16 nitrogen and oxygen atoms in total. The maximum Gasteiger partial charge on any atom is 0.324 e. The molecule has 5 aromatic rings. The second kappa shape index (κ2) is 19.4. The van der Waals surface area contributed by atoms with Gasteiger partial charge >= 0.3 is 5.97 Å². The van der Waals surface area contributed by atoms with Gasteiger partial charge in [0.2, 0.25) is 5.91 Å². The second-order valence-corrected chi connectivity index (χ2v) is 22.1. The van der Waals surface area contributed by atoms with Crippen molar-refractivity contribution < 1.29 is 33.3 Å². The van der Waals surface area contributed by atoms with Gasteiger partial charge in [0.15, 0.2) is 0 Å². The number of hydrazine groups is 1. The summed E-state index contributed by atoms with van der Waals surface area (Å²) < 4.78 is 27.4. The summed E-state index contributed by atoms with van der Waals surface area (Å²) in [5, 5.41) is 8.40. The molecule has 4 aromatic heterocycles. The van der Waals surface area contributed by atoms with E-state index in [-0.39, 0.29) is 42.4 Å². The number of rotatable bonds is 11. The fourth-order valence-electron chi connectivity index (χ4n) is 11.4. The van der Waals surface area contributed by atoms with Crippen LogP contribution in [-0.2, 0) is 39.8 Å². The summed E-state index contributed by atoms with van der Waals surface area (Å²) in [5.41, 5.74) is 10.5. The van der Waals surface area contributed by atoms with Crippen molar-refractivity contribution in [3.8, 4) is 22.5 Å². The number of methoxy groups -OCH3 is 1. The molecule has 4 aliphatic heterocycles. The topological polar surface area (TPSA) is 175 Å². The van der Waals surface area contributed by atoms with E-state index < -0.39 is 41.4 Å². The maximum absolute atomic E-state index is 15.2.